The number of methoxy groups -OCH3 is 1. The van der Waals surface area contributed by atoms with Gasteiger partial charge in [0.05, 0.1) is 5.69 Å². The molecule has 1 heterocycles. The SMILES string of the molecule is COC(C)(c1ccccn1)C1CCCC1. The van der Waals surface area contributed by atoms with Crippen LogP contribution in [0.3, 0.4) is 0 Å². The highest BCUT2D eigenvalue weighted by Gasteiger charge is 2.38. The van der Waals surface area contributed by atoms with Gasteiger partial charge in [-0.1, -0.05) is 18.9 Å². The second kappa shape index (κ2) is 4.31. The maximum Gasteiger partial charge on any atom is 0.110 e. The Labute approximate surface area is 91.7 Å². The van der Waals surface area contributed by atoms with Crippen LogP contribution in [0.5, 0.6) is 0 Å². The molecule has 0 bridgehead atoms. The van der Waals surface area contributed by atoms with Crippen LogP contribution < -0.4 is 0 Å². The first-order valence-electron chi connectivity index (χ1n) is 5.74. The van der Waals surface area contributed by atoms with Crippen molar-refractivity contribution >= 4 is 0 Å². The lowest BCUT2D eigenvalue weighted by molar-refractivity contribution is -0.0504. The lowest BCUT2D eigenvalue weighted by atomic mass is 9.84. The van der Waals surface area contributed by atoms with Crippen molar-refractivity contribution < 1.29 is 4.74 Å². The summed E-state index contributed by atoms with van der Waals surface area (Å²) in [6.45, 7) is 2.17. The number of pyridine rings is 1. The summed E-state index contributed by atoms with van der Waals surface area (Å²) >= 11 is 0. The van der Waals surface area contributed by atoms with Crippen molar-refractivity contribution in [3.05, 3.63) is 30.1 Å². The molecule has 1 unspecified atom stereocenters. The quantitative estimate of drug-likeness (QED) is 0.756. The van der Waals surface area contributed by atoms with Crippen molar-refractivity contribution in [3.63, 3.8) is 0 Å². The van der Waals surface area contributed by atoms with Gasteiger partial charge in [0, 0.05) is 13.3 Å². The van der Waals surface area contributed by atoms with E-state index < -0.39 is 0 Å². The van der Waals surface area contributed by atoms with Gasteiger partial charge in [-0.2, -0.15) is 0 Å². The molecule has 1 atom stereocenters. The van der Waals surface area contributed by atoms with Crippen LogP contribution in [0.2, 0.25) is 0 Å². The predicted octanol–water partition coefficient (Wildman–Crippen LogP) is 3.13. The molecule has 2 heteroatoms. The number of aromatic nitrogens is 1. The van der Waals surface area contributed by atoms with Crippen LogP contribution in [0.4, 0.5) is 0 Å². The van der Waals surface area contributed by atoms with E-state index in [4.69, 9.17) is 4.74 Å². The third-order valence-electron chi connectivity index (χ3n) is 3.73. The van der Waals surface area contributed by atoms with Crippen LogP contribution in [0.25, 0.3) is 0 Å². The molecular formula is C13H19NO. The molecule has 15 heavy (non-hydrogen) atoms. The van der Waals surface area contributed by atoms with E-state index in [0.29, 0.717) is 5.92 Å². The van der Waals surface area contributed by atoms with E-state index in [1.807, 2.05) is 18.3 Å². The molecule has 1 fully saturated rings. The molecule has 82 valence electrons. The zero-order valence-corrected chi connectivity index (χ0v) is 9.57. The first-order chi connectivity index (χ1) is 7.27. The van der Waals surface area contributed by atoms with Gasteiger partial charge in [0.15, 0.2) is 0 Å². The van der Waals surface area contributed by atoms with E-state index >= 15 is 0 Å². The summed E-state index contributed by atoms with van der Waals surface area (Å²) < 4.78 is 5.75. The maximum absolute atomic E-state index is 5.75. The largest absolute Gasteiger partial charge is 0.372 e. The minimum atomic E-state index is -0.197. The standard InChI is InChI=1S/C13H19NO/c1-13(15-2,11-7-3-4-8-11)12-9-5-6-10-14-12/h5-6,9-11H,3-4,7-8H2,1-2H3. The fraction of sp³-hybridized carbons (Fsp3) is 0.615. The highest BCUT2D eigenvalue weighted by atomic mass is 16.5. The van der Waals surface area contributed by atoms with E-state index in [0.717, 1.165) is 5.69 Å². The zero-order valence-electron chi connectivity index (χ0n) is 9.57. The maximum atomic E-state index is 5.75. The van der Waals surface area contributed by atoms with Crippen molar-refractivity contribution in [2.75, 3.05) is 7.11 Å². The van der Waals surface area contributed by atoms with Gasteiger partial charge < -0.3 is 4.74 Å². The molecule has 0 spiro atoms. The predicted molar refractivity (Wildman–Crippen MR) is 60.6 cm³/mol. The lowest BCUT2D eigenvalue weighted by Crippen LogP contribution is -2.33. The van der Waals surface area contributed by atoms with Crippen LogP contribution in [0, 0.1) is 5.92 Å². The van der Waals surface area contributed by atoms with Crippen molar-refractivity contribution in [2.45, 2.75) is 38.2 Å². The van der Waals surface area contributed by atoms with E-state index in [1.54, 1.807) is 7.11 Å². The molecule has 0 radical (unpaired) electrons. The number of ether oxygens (including phenoxy) is 1. The molecule has 2 nitrogen and oxygen atoms in total. The van der Waals surface area contributed by atoms with Gasteiger partial charge >= 0.3 is 0 Å². The Hall–Kier alpha value is -0.890. The van der Waals surface area contributed by atoms with Gasteiger partial charge in [-0.15, -0.1) is 0 Å². The second-order valence-electron chi connectivity index (χ2n) is 4.51. The second-order valence-corrected chi connectivity index (χ2v) is 4.51. The summed E-state index contributed by atoms with van der Waals surface area (Å²) in [5.74, 6) is 0.623. The number of nitrogens with zero attached hydrogens (tertiary/aromatic N) is 1. The Morgan fingerprint density at radius 3 is 2.60 bits per heavy atom. The average Bonchev–Trinajstić information content (AvgIpc) is 2.83. The highest BCUT2D eigenvalue weighted by molar-refractivity contribution is 5.14. The van der Waals surface area contributed by atoms with Gasteiger partial charge in [-0.05, 0) is 37.8 Å². The Morgan fingerprint density at radius 2 is 2.07 bits per heavy atom. The monoisotopic (exact) mass is 205 g/mol. The molecule has 1 aliphatic rings. The highest BCUT2D eigenvalue weighted by Crippen LogP contribution is 2.41. The minimum absolute atomic E-state index is 0.197. The van der Waals surface area contributed by atoms with Crippen molar-refractivity contribution in [3.8, 4) is 0 Å². The van der Waals surface area contributed by atoms with Gasteiger partial charge in [0.25, 0.3) is 0 Å². The van der Waals surface area contributed by atoms with Crippen LogP contribution in [0.1, 0.15) is 38.3 Å². The van der Waals surface area contributed by atoms with Crippen molar-refractivity contribution in [2.24, 2.45) is 5.92 Å². The topological polar surface area (TPSA) is 22.1 Å². The fourth-order valence-electron chi connectivity index (χ4n) is 2.61. The van der Waals surface area contributed by atoms with E-state index in [1.165, 1.54) is 25.7 Å². The molecule has 0 aliphatic heterocycles. The molecule has 1 aromatic heterocycles. The van der Waals surface area contributed by atoms with E-state index in [-0.39, 0.29) is 5.60 Å². The Balaban J connectivity index is 2.28. The number of rotatable bonds is 3. The van der Waals surface area contributed by atoms with Gasteiger partial charge in [-0.25, -0.2) is 0 Å². The van der Waals surface area contributed by atoms with Crippen LogP contribution in [-0.2, 0) is 10.3 Å². The van der Waals surface area contributed by atoms with E-state index in [2.05, 4.69) is 18.0 Å². The van der Waals surface area contributed by atoms with Crippen LogP contribution >= 0.6 is 0 Å². The smallest absolute Gasteiger partial charge is 0.110 e. The fourth-order valence-corrected chi connectivity index (χ4v) is 2.61. The van der Waals surface area contributed by atoms with Gasteiger partial charge in [-0.3, -0.25) is 4.98 Å². The molecule has 0 amide bonds. The summed E-state index contributed by atoms with van der Waals surface area (Å²) in [5.41, 5.74) is 0.872. The third-order valence-corrected chi connectivity index (χ3v) is 3.73. The minimum Gasteiger partial charge on any atom is -0.372 e. The molecular weight excluding hydrogens is 186 g/mol. The van der Waals surface area contributed by atoms with Crippen molar-refractivity contribution in [1.29, 1.82) is 0 Å². The summed E-state index contributed by atoms with van der Waals surface area (Å²) in [5, 5.41) is 0. The van der Waals surface area contributed by atoms with Crippen LogP contribution in [-0.4, -0.2) is 12.1 Å². The Kier molecular flexibility index (Phi) is 3.06. The summed E-state index contributed by atoms with van der Waals surface area (Å²) in [4.78, 5) is 4.44. The Morgan fingerprint density at radius 1 is 1.33 bits per heavy atom. The normalized spacial score (nSPS) is 21.5. The van der Waals surface area contributed by atoms with Gasteiger partial charge in [0.2, 0.25) is 0 Å². The Bertz CT molecular complexity index is 306. The molecule has 0 N–H and O–H groups in total. The summed E-state index contributed by atoms with van der Waals surface area (Å²) in [6.07, 6.45) is 7.04. The summed E-state index contributed by atoms with van der Waals surface area (Å²) in [6, 6.07) is 6.06. The molecule has 1 aromatic rings. The number of hydrogen-bond acceptors (Lipinski definition) is 2. The molecule has 0 saturated heterocycles. The molecule has 1 saturated carbocycles. The first-order valence-corrected chi connectivity index (χ1v) is 5.74. The summed E-state index contributed by atoms with van der Waals surface area (Å²) in [7, 11) is 1.80. The lowest BCUT2D eigenvalue weighted by Gasteiger charge is -2.33. The first kappa shape index (κ1) is 10.6. The zero-order chi connectivity index (χ0) is 10.7. The average molecular weight is 205 g/mol. The van der Waals surface area contributed by atoms with Gasteiger partial charge in [0.1, 0.15) is 5.60 Å². The molecule has 2 rings (SSSR count). The van der Waals surface area contributed by atoms with Crippen LogP contribution in [0.15, 0.2) is 24.4 Å². The van der Waals surface area contributed by atoms with E-state index in [9.17, 15) is 0 Å². The number of hydrogen-bond donors (Lipinski definition) is 0. The van der Waals surface area contributed by atoms with Crippen molar-refractivity contribution in [1.82, 2.24) is 4.98 Å². The molecule has 0 aromatic carbocycles. The molecule has 1 aliphatic carbocycles. The third kappa shape index (κ3) is 1.91.